The van der Waals surface area contributed by atoms with E-state index in [1.807, 2.05) is 4.90 Å². The zero-order chi connectivity index (χ0) is 30.3. The van der Waals surface area contributed by atoms with Gasteiger partial charge in [0.2, 0.25) is 16.0 Å². The standard InChI is InChI=1S/C26H31F5N6O4S/c27-25(28)7-11-37(12-8-25)21-19(26(29,30)31)16-32-23(33-21)34-22(39)18-2-1-17(35-42(40,41)14-13-38)15-20(18)36-9-5-24(3-4-24)6-10-36/h1-2,15-16,35,38H,3-14H2,(H,32,33,34,39). The van der Waals surface area contributed by atoms with Crippen LogP contribution in [0.2, 0.25) is 0 Å². The molecule has 3 aliphatic rings. The number of rotatable bonds is 8. The van der Waals surface area contributed by atoms with Crippen LogP contribution in [-0.4, -0.2) is 73.9 Å². The van der Waals surface area contributed by atoms with Crippen LogP contribution >= 0.6 is 0 Å². The lowest BCUT2D eigenvalue weighted by Gasteiger charge is -2.35. The minimum Gasteiger partial charge on any atom is -0.395 e. The molecule has 1 saturated carbocycles. The summed E-state index contributed by atoms with van der Waals surface area (Å²) in [7, 11) is -3.84. The molecule has 1 aliphatic carbocycles. The van der Waals surface area contributed by atoms with Crippen molar-refractivity contribution in [1.82, 2.24) is 9.97 Å². The third kappa shape index (κ3) is 6.85. The van der Waals surface area contributed by atoms with Crippen molar-refractivity contribution in [2.45, 2.75) is 50.6 Å². The Kier molecular flexibility index (Phi) is 7.98. The first-order valence-electron chi connectivity index (χ1n) is 13.6. The predicted octanol–water partition coefficient (Wildman–Crippen LogP) is 4.10. The topological polar surface area (TPSA) is 128 Å². The zero-order valence-corrected chi connectivity index (χ0v) is 23.4. The maximum atomic E-state index is 13.7. The third-order valence-corrected chi connectivity index (χ3v) is 9.36. The third-order valence-electron chi connectivity index (χ3n) is 8.09. The summed E-state index contributed by atoms with van der Waals surface area (Å²) in [6, 6.07) is 4.26. The van der Waals surface area contributed by atoms with Crippen LogP contribution in [0.5, 0.6) is 0 Å². The summed E-state index contributed by atoms with van der Waals surface area (Å²) in [4.78, 5) is 24.1. The van der Waals surface area contributed by atoms with Crippen LogP contribution in [0.3, 0.4) is 0 Å². The highest BCUT2D eigenvalue weighted by molar-refractivity contribution is 7.92. The maximum absolute atomic E-state index is 13.7. The normalized spacial score (nSPS) is 20.0. The van der Waals surface area contributed by atoms with Crippen LogP contribution in [0, 0.1) is 5.41 Å². The Morgan fingerprint density at radius 3 is 2.24 bits per heavy atom. The molecule has 3 N–H and O–H groups in total. The average Bonchev–Trinajstić information content (AvgIpc) is 3.66. The van der Waals surface area contributed by atoms with Gasteiger partial charge in [0.05, 0.1) is 29.3 Å². The molecule has 2 aromatic rings. The van der Waals surface area contributed by atoms with Gasteiger partial charge in [-0.3, -0.25) is 14.8 Å². The number of aromatic nitrogens is 2. The number of carbonyl (C=O) groups is 1. The molecule has 16 heteroatoms. The van der Waals surface area contributed by atoms with Crippen molar-refractivity contribution in [2.75, 3.05) is 58.4 Å². The van der Waals surface area contributed by atoms with Gasteiger partial charge >= 0.3 is 6.18 Å². The summed E-state index contributed by atoms with van der Waals surface area (Å²) in [5.74, 6) is -5.27. The van der Waals surface area contributed by atoms with Crippen LogP contribution in [0.15, 0.2) is 24.4 Å². The molecule has 3 fully saturated rings. The van der Waals surface area contributed by atoms with E-state index in [0.29, 0.717) is 30.4 Å². The van der Waals surface area contributed by atoms with Crippen molar-refractivity contribution >= 4 is 39.1 Å². The molecule has 42 heavy (non-hydrogen) atoms. The zero-order valence-electron chi connectivity index (χ0n) is 22.6. The Morgan fingerprint density at radius 1 is 1.00 bits per heavy atom. The maximum Gasteiger partial charge on any atom is 0.421 e. The number of hydrogen-bond donors (Lipinski definition) is 3. The van der Waals surface area contributed by atoms with Gasteiger partial charge in [0.15, 0.2) is 0 Å². The summed E-state index contributed by atoms with van der Waals surface area (Å²) >= 11 is 0. The van der Waals surface area contributed by atoms with E-state index >= 15 is 0 Å². The predicted molar refractivity (Wildman–Crippen MR) is 145 cm³/mol. The monoisotopic (exact) mass is 618 g/mol. The fourth-order valence-electron chi connectivity index (χ4n) is 5.39. The summed E-state index contributed by atoms with van der Waals surface area (Å²) in [5.41, 5.74) is -0.181. The molecular weight excluding hydrogens is 587 g/mol. The number of benzene rings is 1. The second-order valence-corrected chi connectivity index (χ2v) is 12.9. The number of nitrogens with one attached hydrogen (secondary N) is 2. The minimum absolute atomic E-state index is 0.120. The van der Waals surface area contributed by atoms with Gasteiger partial charge in [-0.2, -0.15) is 18.2 Å². The average molecular weight is 619 g/mol. The fourth-order valence-corrected chi connectivity index (χ4v) is 6.22. The lowest BCUT2D eigenvalue weighted by atomic mass is 9.93. The van der Waals surface area contributed by atoms with Crippen molar-refractivity contribution in [3.05, 3.63) is 35.5 Å². The number of nitrogens with zero attached hydrogens (tertiary/aromatic N) is 4. The van der Waals surface area contributed by atoms with Crippen LogP contribution in [0.25, 0.3) is 0 Å². The fraction of sp³-hybridized carbons (Fsp3) is 0.577. The number of alkyl halides is 5. The van der Waals surface area contributed by atoms with E-state index in [0.717, 1.165) is 30.6 Å². The van der Waals surface area contributed by atoms with Crippen LogP contribution in [-0.2, 0) is 16.2 Å². The van der Waals surface area contributed by atoms with Crippen LogP contribution in [0.4, 0.5) is 45.1 Å². The molecule has 5 rings (SSSR count). The lowest BCUT2D eigenvalue weighted by Crippen LogP contribution is -2.40. The number of amides is 1. The van der Waals surface area contributed by atoms with Crippen molar-refractivity contribution in [3.8, 4) is 0 Å². The Hall–Kier alpha value is -3.27. The van der Waals surface area contributed by atoms with E-state index in [4.69, 9.17) is 5.11 Å². The molecule has 3 heterocycles. The van der Waals surface area contributed by atoms with E-state index in [1.165, 1.54) is 18.2 Å². The van der Waals surface area contributed by atoms with Gasteiger partial charge < -0.3 is 14.9 Å². The van der Waals surface area contributed by atoms with Gasteiger partial charge in [-0.1, -0.05) is 0 Å². The Morgan fingerprint density at radius 2 is 1.64 bits per heavy atom. The molecular formula is C26H31F5N6O4S. The van der Waals surface area contributed by atoms with Gasteiger partial charge in [-0.25, -0.2) is 22.2 Å². The summed E-state index contributed by atoms with van der Waals surface area (Å²) < 4.78 is 95.4. The smallest absolute Gasteiger partial charge is 0.395 e. The molecule has 1 aromatic carbocycles. The van der Waals surface area contributed by atoms with E-state index in [1.54, 1.807) is 0 Å². The number of sulfonamides is 1. The number of halogens is 5. The van der Waals surface area contributed by atoms with Gasteiger partial charge in [0.25, 0.3) is 11.8 Å². The van der Waals surface area contributed by atoms with Crippen molar-refractivity contribution in [3.63, 3.8) is 0 Å². The van der Waals surface area contributed by atoms with Crippen molar-refractivity contribution in [2.24, 2.45) is 5.41 Å². The number of aliphatic hydroxyl groups excluding tert-OH is 1. The lowest BCUT2D eigenvalue weighted by molar-refractivity contribution is -0.137. The molecule has 1 spiro atoms. The molecule has 1 aromatic heterocycles. The van der Waals surface area contributed by atoms with Gasteiger partial charge in [0.1, 0.15) is 11.4 Å². The number of aliphatic hydroxyl groups is 1. The second-order valence-electron chi connectivity index (χ2n) is 11.1. The van der Waals surface area contributed by atoms with E-state index in [-0.39, 0.29) is 24.3 Å². The first-order valence-corrected chi connectivity index (χ1v) is 15.2. The molecule has 10 nitrogen and oxygen atoms in total. The van der Waals surface area contributed by atoms with Gasteiger partial charge in [-0.05, 0) is 49.3 Å². The SMILES string of the molecule is O=C(Nc1ncc(C(F)(F)F)c(N2CCC(F)(F)CC2)n1)c1ccc(NS(=O)(=O)CCO)cc1N1CCC2(CC1)CC2. The van der Waals surface area contributed by atoms with Crippen molar-refractivity contribution in [1.29, 1.82) is 0 Å². The molecule has 0 unspecified atom stereocenters. The first kappa shape index (κ1) is 30.2. The highest BCUT2D eigenvalue weighted by Gasteiger charge is 2.45. The van der Waals surface area contributed by atoms with E-state index < -0.39 is 70.6 Å². The van der Waals surface area contributed by atoms with Gasteiger partial charge in [0, 0.05) is 45.2 Å². The Balaban J connectivity index is 1.43. The summed E-state index contributed by atoms with van der Waals surface area (Å²) in [6.45, 7) is -0.0450. The second kappa shape index (κ2) is 11.1. The molecule has 1 amide bonds. The quantitative estimate of drug-likeness (QED) is 0.378. The Bertz CT molecular complexity index is 1430. The molecule has 0 bridgehead atoms. The summed E-state index contributed by atoms with van der Waals surface area (Å²) in [6.07, 6.45) is -1.53. The molecule has 0 atom stereocenters. The molecule has 0 radical (unpaired) electrons. The number of carbonyl (C=O) groups excluding carboxylic acids is 1. The first-order chi connectivity index (χ1) is 19.7. The molecule has 2 aliphatic heterocycles. The molecule has 230 valence electrons. The highest BCUT2D eigenvalue weighted by atomic mass is 32.2. The number of hydrogen-bond acceptors (Lipinski definition) is 8. The number of anilines is 4. The summed E-state index contributed by atoms with van der Waals surface area (Å²) in [5, 5.41) is 11.5. The Labute approximate surface area is 239 Å². The number of piperidine rings is 2. The minimum atomic E-state index is -4.85. The largest absolute Gasteiger partial charge is 0.421 e. The van der Waals surface area contributed by atoms with E-state index in [9.17, 15) is 35.2 Å². The van der Waals surface area contributed by atoms with Crippen LogP contribution < -0.4 is 19.8 Å². The van der Waals surface area contributed by atoms with Crippen molar-refractivity contribution < 1.29 is 40.3 Å². The highest BCUT2D eigenvalue weighted by Crippen LogP contribution is 2.54. The van der Waals surface area contributed by atoms with E-state index in [2.05, 4.69) is 20.0 Å². The van der Waals surface area contributed by atoms with Crippen LogP contribution in [0.1, 0.15) is 54.4 Å². The molecule has 2 saturated heterocycles. The van der Waals surface area contributed by atoms with Gasteiger partial charge in [-0.15, -0.1) is 0 Å².